The predicted molar refractivity (Wildman–Crippen MR) is 205 cm³/mol. The minimum Gasteiger partial charge on any atom is -0.497 e. The summed E-state index contributed by atoms with van der Waals surface area (Å²) in [5, 5.41) is 12.7. The Morgan fingerprint density at radius 2 is 1.69 bits per heavy atom. The molecule has 2 aliphatic heterocycles. The molecule has 52 heavy (non-hydrogen) atoms. The molecule has 1 fully saturated rings. The molecule has 12 heteroatoms. The zero-order chi connectivity index (χ0) is 37.2. The van der Waals surface area contributed by atoms with Gasteiger partial charge in [0.15, 0.2) is 13.9 Å². The van der Waals surface area contributed by atoms with Crippen LogP contribution < -0.4 is 15.0 Å². The van der Waals surface area contributed by atoms with Crippen LogP contribution in [0.4, 0.5) is 11.4 Å². The maximum Gasteiger partial charge on any atom is 0.264 e. The largest absolute Gasteiger partial charge is 0.497 e. The van der Waals surface area contributed by atoms with E-state index in [1.165, 1.54) is 0 Å². The number of benzene rings is 4. The molecule has 2 aliphatic rings. The Bertz CT molecular complexity index is 1920. The third-order valence-electron chi connectivity index (χ3n) is 10.2. The minimum absolute atomic E-state index is 0.0408. The number of nitrogens with one attached hydrogen (secondary N) is 1. The molecule has 0 unspecified atom stereocenters. The monoisotopic (exact) mass is 785 g/mol. The van der Waals surface area contributed by atoms with Gasteiger partial charge in [0, 0.05) is 45.8 Å². The van der Waals surface area contributed by atoms with E-state index >= 15 is 0 Å². The lowest BCUT2D eigenvalue weighted by Gasteiger charge is -2.32. The standard InChI is InChI=1S/C40H44BrN3O7Si/c1-26-37(52(3,4)49)35(23-36(46)43(20-21-45)24-27-8-6-5-7-9-27)51-40(26)33-22-30(41)14-19-34(33)44(39(40)48)25-28-10-15-31(16-11-28)42-38(47)29-12-17-32(50-2)18-13-29/h5-19,22,26,35,37,45,49H,20-21,23-25H2,1-4H3,(H,42,47)/t26-,35+,37-,40+/m0/s1. The smallest absolute Gasteiger partial charge is 0.264 e. The molecule has 272 valence electrons. The number of hydrogen-bond donors (Lipinski definition) is 3. The summed E-state index contributed by atoms with van der Waals surface area (Å²) in [5.41, 5.74) is 2.41. The second-order valence-electron chi connectivity index (χ2n) is 14.0. The number of nitrogens with zero attached hydrogens (tertiary/aromatic N) is 2. The number of carbonyl (C=O) groups is 3. The summed E-state index contributed by atoms with van der Waals surface area (Å²) in [6.07, 6.45) is -0.767. The van der Waals surface area contributed by atoms with Gasteiger partial charge in [-0.3, -0.25) is 14.4 Å². The summed E-state index contributed by atoms with van der Waals surface area (Å²) in [4.78, 5) is 56.6. The quantitative estimate of drug-likeness (QED) is 0.141. The first-order valence-corrected chi connectivity index (χ1v) is 21.2. The average molecular weight is 787 g/mol. The first-order valence-electron chi connectivity index (χ1n) is 17.3. The molecule has 4 aromatic carbocycles. The van der Waals surface area contributed by atoms with E-state index in [4.69, 9.17) is 9.47 Å². The Labute approximate surface area is 313 Å². The lowest BCUT2D eigenvalue weighted by atomic mass is 9.82. The number of aliphatic hydroxyl groups excluding tert-OH is 1. The lowest BCUT2D eigenvalue weighted by molar-refractivity contribution is -0.150. The van der Waals surface area contributed by atoms with Gasteiger partial charge in [0.1, 0.15) is 5.75 Å². The van der Waals surface area contributed by atoms with Crippen molar-refractivity contribution in [1.82, 2.24) is 4.90 Å². The van der Waals surface area contributed by atoms with Crippen LogP contribution in [0.5, 0.6) is 5.75 Å². The van der Waals surface area contributed by atoms with Crippen LogP contribution in [0, 0.1) is 5.92 Å². The zero-order valence-electron chi connectivity index (χ0n) is 29.7. The normalized spacial score (nSPS) is 20.9. The SMILES string of the molecule is COc1ccc(C(=O)Nc2ccc(CN3C(=O)[C@]4(O[C@H](CC(=O)N(CCO)Cc5ccccc5)[C@@H]([Si](C)(C)O)[C@@H]4C)c4cc(Br)ccc43)cc2)cc1. The lowest BCUT2D eigenvalue weighted by Crippen LogP contribution is -2.46. The number of anilines is 2. The number of carbonyl (C=O) groups excluding carboxylic acids is 3. The van der Waals surface area contributed by atoms with Gasteiger partial charge in [-0.1, -0.05) is 65.3 Å². The molecule has 3 amide bonds. The summed E-state index contributed by atoms with van der Waals surface area (Å²) < 4.78 is 12.8. The third-order valence-corrected chi connectivity index (χ3v) is 13.2. The molecule has 0 radical (unpaired) electrons. The number of halogens is 1. The van der Waals surface area contributed by atoms with Crippen molar-refractivity contribution in [1.29, 1.82) is 0 Å². The molecule has 2 heterocycles. The van der Waals surface area contributed by atoms with Gasteiger partial charge in [-0.05, 0) is 78.8 Å². The molecule has 6 rings (SSSR count). The Kier molecular flexibility index (Phi) is 11.0. The van der Waals surface area contributed by atoms with Crippen LogP contribution in [0.25, 0.3) is 0 Å². The topological polar surface area (TPSA) is 129 Å². The van der Waals surface area contributed by atoms with Crippen LogP contribution in [0.15, 0.2) is 102 Å². The molecule has 0 aromatic heterocycles. The van der Waals surface area contributed by atoms with Crippen molar-refractivity contribution < 1.29 is 33.8 Å². The average Bonchev–Trinajstić information content (AvgIpc) is 3.54. The van der Waals surface area contributed by atoms with E-state index in [0.29, 0.717) is 34.8 Å². The van der Waals surface area contributed by atoms with Gasteiger partial charge in [-0.15, -0.1) is 0 Å². The maximum absolute atomic E-state index is 14.8. The van der Waals surface area contributed by atoms with Crippen molar-refractivity contribution in [2.24, 2.45) is 5.92 Å². The Morgan fingerprint density at radius 1 is 1.00 bits per heavy atom. The molecule has 4 atom stereocenters. The van der Waals surface area contributed by atoms with Crippen LogP contribution in [-0.4, -0.2) is 67.2 Å². The summed E-state index contributed by atoms with van der Waals surface area (Å²) in [7, 11) is -1.45. The Morgan fingerprint density at radius 3 is 2.33 bits per heavy atom. The first-order chi connectivity index (χ1) is 24.8. The molecule has 1 saturated heterocycles. The van der Waals surface area contributed by atoms with Gasteiger partial charge in [0.25, 0.3) is 11.8 Å². The van der Waals surface area contributed by atoms with Crippen molar-refractivity contribution >= 4 is 53.3 Å². The van der Waals surface area contributed by atoms with Crippen LogP contribution in [0.1, 0.15) is 40.4 Å². The fraction of sp³-hybridized carbons (Fsp3) is 0.325. The number of rotatable bonds is 12. The number of hydrogen-bond acceptors (Lipinski definition) is 7. The van der Waals surface area contributed by atoms with Gasteiger partial charge in [-0.2, -0.15) is 0 Å². The van der Waals surface area contributed by atoms with Gasteiger partial charge in [0.2, 0.25) is 5.91 Å². The maximum atomic E-state index is 14.8. The second kappa shape index (κ2) is 15.3. The van der Waals surface area contributed by atoms with E-state index in [1.54, 1.807) is 53.3 Å². The third kappa shape index (κ3) is 7.44. The second-order valence-corrected chi connectivity index (χ2v) is 18.9. The van der Waals surface area contributed by atoms with Crippen LogP contribution in [-0.2, 0) is 33.0 Å². The highest BCUT2D eigenvalue weighted by Crippen LogP contribution is 2.60. The van der Waals surface area contributed by atoms with Crippen molar-refractivity contribution in [3.63, 3.8) is 0 Å². The number of fused-ring (bicyclic) bond motifs is 2. The van der Waals surface area contributed by atoms with Crippen molar-refractivity contribution in [2.75, 3.05) is 30.5 Å². The molecular weight excluding hydrogens is 742 g/mol. The van der Waals surface area contributed by atoms with Crippen molar-refractivity contribution in [2.45, 2.75) is 56.8 Å². The van der Waals surface area contributed by atoms with E-state index in [2.05, 4.69) is 21.2 Å². The number of aliphatic hydroxyl groups is 1. The molecule has 0 bridgehead atoms. The van der Waals surface area contributed by atoms with Crippen molar-refractivity contribution in [3.05, 3.63) is 124 Å². The molecule has 0 aliphatic carbocycles. The van der Waals surface area contributed by atoms with E-state index in [9.17, 15) is 24.3 Å². The highest BCUT2D eigenvalue weighted by Gasteiger charge is 2.66. The summed E-state index contributed by atoms with van der Waals surface area (Å²) in [6.45, 7) is 6.13. The van der Waals surface area contributed by atoms with E-state index in [1.807, 2.05) is 80.7 Å². The van der Waals surface area contributed by atoms with Crippen LogP contribution >= 0.6 is 15.9 Å². The fourth-order valence-electron chi connectivity index (χ4n) is 7.75. The summed E-state index contributed by atoms with van der Waals surface area (Å²) >= 11 is 3.60. The van der Waals surface area contributed by atoms with Gasteiger partial charge < -0.3 is 34.5 Å². The minimum atomic E-state index is -3.02. The van der Waals surface area contributed by atoms with Gasteiger partial charge >= 0.3 is 0 Å². The van der Waals surface area contributed by atoms with Crippen LogP contribution in [0.3, 0.4) is 0 Å². The van der Waals surface area contributed by atoms with E-state index in [-0.39, 0.29) is 43.8 Å². The molecule has 10 nitrogen and oxygen atoms in total. The number of ether oxygens (including phenoxy) is 2. The molecule has 3 N–H and O–H groups in total. The highest BCUT2D eigenvalue weighted by atomic mass is 79.9. The van der Waals surface area contributed by atoms with Crippen LogP contribution in [0.2, 0.25) is 18.6 Å². The number of methoxy groups -OCH3 is 1. The number of amides is 3. The van der Waals surface area contributed by atoms with Gasteiger partial charge in [0.05, 0.1) is 38.5 Å². The molecular formula is C40H44BrN3O7Si. The zero-order valence-corrected chi connectivity index (χ0v) is 32.3. The first kappa shape index (κ1) is 37.4. The summed E-state index contributed by atoms with van der Waals surface area (Å²) in [6, 6.07) is 29.5. The predicted octanol–water partition coefficient (Wildman–Crippen LogP) is 6.47. The Balaban J connectivity index is 1.25. The molecule has 0 saturated carbocycles. The molecule has 4 aromatic rings. The van der Waals surface area contributed by atoms with Crippen molar-refractivity contribution in [3.8, 4) is 5.75 Å². The summed E-state index contributed by atoms with van der Waals surface area (Å²) in [5.74, 6) is -0.503. The Hall–Kier alpha value is -4.33. The molecule has 1 spiro atoms. The highest BCUT2D eigenvalue weighted by molar-refractivity contribution is 9.10. The fourth-order valence-corrected chi connectivity index (χ4v) is 10.7. The van der Waals surface area contributed by atoms with E-state index < -0.39 is 31.5 Å². The van der Waals surface area contributed by atoms with Gasteiger partial charge in [-0.25, -0.2) is 0 Å². The van der Waals surface area contributed by atoms with E-state index in [0.717, 1.165) is 15.6 Å².